The molecule has 11 heteroatoms. The Labute approximate surface area is 158 Å². The first-order valence-electron chi connectivity index (χ1n) is 7.86. The molecule has 0 spiro atoms. The van der Waals surface area contributed by atoms with E-state index in [1.54, 1.807) is 6.92 Å². The summed E-state index contributed by atoms with van der Waals surface area (Å²) in [5.41, 5.74) is 0.151. The van der Waals surface area contributed by atoms with Gasteiger partial charge in [-0.1, -0.05) is 6.92 Å². The smallest absolute Gasteiger partial charge is 0.338 e. The minimum atomic E-state index is -3.71. The van der Waals surface area contributed by atoms with E-state index in [-0.39, 0.29) is 34.5 Å². The van der Waals surface area contributed by atoms with Gasteiger partial charge in [-0.3, -0.25) is 0 Å². The Morgan fingerprint density at radius 3 is 2.26 bits per heavy atom. The summed E-state index contributed by atoms with van der Waals surface area (Å²) in [4.78, 5) is 12.1. The van der Waals surface area contributed by atoms with Crippen molar-refractivity contribution in [3.05, 3.63) is 47.7 Å². The molecule has 0 aliphatic rings. The number of hydrogen-bond donors (Lipinski definition) is 1. The average Bonchev–Trinajstić information content (AvgIpc) is 3.09. The van der Waals surface area contributed by atoms with Crippen molar-refractivity contribution < 1.29 is 30.8 Å². The number of sulfonamides is 2. The van der Waals surface area contributed by atoms with E-state index in [1.165, 1.54) is 50.5 Å². The molecule has 0 amide bonds. The average molecular weight is 416 g/mol. The third-order valence-corrected chi connectivity index (χ3v) is 6.70. The molecule has 0 atom stereocenters. The van der Waals surface area contributed by atoms with Gasteiger partial charge < -0.3 is 9.15 Å². The molecular formula is C16H20N2O7S2. The van der Waals surface area contributed by atoms with Crippen molar-refractivity contribution in [1.29, 1.82) is 0 Å². The highest BCUT2D eigenvalue weighted by Crippen LogP contribution is 2.18. The molecule has 0 unspecified atom stereocenters. The van der Waals surface area contributed by atoms with Gasteiger partial charge >= 0.3 is 5.97 Å². The summed E-state index contributed by atoms with van der Waals surface area (Å²) in [7, 11) is -4.57. The molecule has 1 aromatic heterocycles. The lowest BCUT2D eigenvalue weighted by Crippen LogP contribution is -2.23. The van der Waals surface area contributed by atoms with E-state index in [1.807, 2.05) is 0 Å². The van der Waals surface area contributed by atoms with Gasteiger partial charge in [0.2, 0.25) is 15.1 Å². The summed E-state index contributed by atoms with van der Waals surface area (Å²) >= 11 is 0. The van der Waals surface area contributed by atoms with Crippen LogP contribution in [0.4, 0.5) is 0 Å². The van der Waals surface area contributed by atoms with Crippen molar-refractivity contribution in [2.75, 3.05) is 20.6 Å². The summed E-state index contributed by atoms with van der Waals surface area (Å²) in [6.45, 7) is 1.65. The highest BCUT2D eigenvalue weighted by molar-refractivity contribution is 7.89. The number of esters is 1. The van der Waals surface area contributed by atoms with E-state index in [4.69, 9.17) is 9.15 Å². The summed E-state index contributed by atoms with van der Waals surface area (Å²) in [6.07, 6.45) is 0. The fraction of sp³-hybridized carbons (Fsp3) is 0.312. The van der Waals surface area contributed by atoms with Crippen LogP contribution in [0.5, 0.6) is 0 Å². The Kier molecular flexibility index (Phi) is 6.42. The molecule has 148 valence electrons. The second-order valence-electron chi connectivity index (χ2n) is 5.61. The van der Waals surface area contributed by atoms with Crippen molar-refractivity contribution in [2.24, 2.45) is 0 Å². The second-order valence-corrected chi connectivity index (χ2v) is 9.46. The quantitative estimate of drug-likeness (QED) is 0.641. The van der Waals surface area contributed by atoms with E-state index in [0.29, 0.717) is 0 Å². The summed E-state index contributed by atoms with van der Waals surface area (Å²) < 4.78 is 61.2. The first kappa shape index (κ1) is 21.1. The number of nitrogens with one attached hydrogen (secondary N) is 1. The predicted octanol–water partition coefficient (Wildman–Crippen LogP) is 1.19. The number of furan rings is 1. The maximum absolute atomic E-state index is 12.1. The van der Waals surface area contributed by atoms with Crippen LogP contribution < -0.4 is 4.72 Å². The lowest BCUT2D eigenvalue weighted by atomic mass is 10.2. The molecule has 0 radical (unpaired) electrons. The topological polar surface area (TPSA) is 123 Å². The zero-order valence-electron chi connectivity index (χ0n) is 15.0. The number of benzene rings is 1. The molecule has 1 aromatic carbocycles. The SMILES string of the molecule is CCNS(=O)(=O)c1ccc(C(=O)OCc2ccc(S(=O)(=O)N(C)C)o2)cc1. The number of rotatable bonds is 8. The summed E-state index contributed by atoms with van der Waals surface area (Å²) in [5.74, 6) is -0.536. The van der Waals surface area contributed by atoms with E-state index >= 15 is 0 Å². The van der Waals surface area contributed by atoms with Crippen molar-refractivity contribution in [1.82, 2.24) is 9.03 Å². The van der Waals surface area contributed by atoms with E-state index in [9.17, 15) is 21.6 Å². The van der Waals surface area contributed by atoms with Gasteiger partial charge in [0.05, 0.1) is 10.5 Å². The minimum absolute atomic E-state index is 0.0328. The van der Waals surface area contributed by atoms with Gasteiger partial charge in [0.25, 0.3) is 10.0 Å². The van der Waals surface area contributed by atoms with Crippen LogP contribution in [-0.4, -0.2) is 47.8 Å². The Hall–Kier alpha value is -2.21. The van der Waals surface area contributed by atoms with Crippen molar-refractivity contribution in [3.63, 3.8) is 0 Å². The highest BCUT2D eigenvalue weighted by Gasteiger charge is 2.22. The Bertz CT molecular complexity index is 1010. The molecule has 0 fully saturated rings. The van der Waals surface area contributed by atoms with Crippen LogP contribution in [0.1, 0.15) is 23.0 Å². The van der Waals surface area contributed by atoms with Gasteiger partial charge in [-0.25, -0.2) is 30.7 Å². The van der Waals surface area contributed by atoms with Crippen LogP contribution >= 0.6 is 0 Å². The molecule has 1 N–H and O–H groups in total. The van der Waals surface area contributed by atoms with Gasteiger partial charge in [-0.05, 0) is 36.4 Å². The second kappa shape index (κ2) is 8.21. The Morgan fingerprint density at radius 1 is 1.07 bits per heavy atom. The Balaban J connectivity index is 2.04. The third-order valence-electron chi connectivity index (χ3n) is 3.45. The molecular weight excluding hydrogens is 396 g/mol. The van der Waals surface area contributed by atoms with E-state index in [2.05, 4.69) is 4.72 Å². The molecule has 2 aromatic rings. The fourth-order valence-corrected chi connectivity index (χ4v) is 3.87. The zero-order chi connectivity index (χ0) is 20.2. The van der Waals surface area contributed by atoms with Crippen molar-refractivity contribution in [3.8, 4) is 0 Å². The van der Waals surface area contributed by atoms with E-state index < -0.39 is 26.0 Å². The van der Waals surface area contributed by atoms with Gasteiger partial charge in [0.15, 0.2) is 0 Å². The summed E-state index contributed by atoms with van der Waals surface area (Å²) in [6, 6.07) is 7.92. The largest absolute Gasteiger partial charge is 0.454 e. The lowest BCUT2D eigenvalue weighted by Gasteiger charge is -2.08. The van der Waals surface area contributed by atoms with Crippen LogP contribution in [0.25, 0.3) is 0 Å². The number of carbonyl (C=O) groups excluding carboxylic acids is 1. The first-order valence-corrected chi connectivity index (χ1v) is 10.8. The van der Waals surface area contributed by atoms with Gasteiger partial charge in [0, 0.05) is 20.6 Å². The lowest BCUT2D eigenvalue weighted by molar-refractivity contribution is 0.0440. The number of nitrogens with zero attached hydrogens (tertiary/aromatic N) is 1. The van der Waals surface area contributed by atoms with Crippen LogP contribution in [0.3, 0.4) is 0 Å². The van der Waals surface area contributed by atoms with Gasteiger partial charge in [-0.2, -0.15) is 0 Å². The molecule has 9 nitrogen and oxygen atoms in total. The maximum atomic E-state index is 12.1. The van der Waals surface area contributed by atoms with E-state index in [0.717, 1.165) is 4.31 Å². The molecule has 0 saturated heterocycles. The van der Waals surface area contributed by atoms with Crippen molar-refractivity contribution >= 4 is 26.0 Å². The van der Waals surface area contributed by atoms with Crippen molar-refractivity contribution in [2.45, 2.75) is 23.5 Å². The van der Waals surface area contributed by atoms with Crippen LogP contribution in [0.2, 0.25) is 0 Å². The number of hydrogen-bond acceptors (Lipinski definition) is 7. The number of carbonyl (C=O) groups is 1. The molecule has 1 heterocycles. The fourth-order valence-electron chi connectivity index (χ4n) is 2.02. The summed E-state index contributed by atoms with van der Waals surface area (Å²) in [5, 5.41) is -0.253. The van der Waals surface area contributed by atoms with Crippen LogP contribution in [0, 0.1) is 0 Å². The molecule has 0 aliphatic heterocycles. The highest BCUT2D eigenvalue weighted by atomic mass is 32.2. The standard InChI is InChI=1S/C16H20N2O7S2/c1-4-17-26(20,21)14-8-5-12(6-9-14)16(19)24-11-13-7-10-15(25-13)27(22,23)18(2)3/h5-10,17H,4,11H2,1-3H3. The normalized spacial score (nSPS) is 12.3. The molecule has 27 heavy (non-hydrogen) atoms. The molecule has 0 aliphatic carbocycles. The van der Waals surface area contributed by atoms with Gasteiger partial charge in [0.1, 0.15) is 12.4 Å². The maximum Gasteiger partial charge on any atom is 0.338 e. The minimum Gasteiger partial charge on any atom is -0.454 e. The number of ether oxygens (including phenoxy) is 1. The van der Waals surface area contributed by atoms with Gasteiger partial charge in [-0.15, -0.1) is 0 Å². The Morgan fingerprint density at radius 2 is 1.70 bits per heavy atom. The third kappa shape index (κ3) is 4.95. The molecule has 2 rings (SSSR count). The van der Waals surface area contributed by atoms with Crippen LogP contribution in [-0.2, 0) is 31.4 Å². The zero-order valence-corrected chi connectivity index (χ0v) is 16.6. The first-order chi connectivity index (χ1) is 12.6. The predicted molar refractivity (Wildman–Crippen MR) is 96.0 cm³/mol. The monoisotopic (exact) mass is 416 g/mol. The molecule has 0 saturated carbocycles. The van der Waals surface area contributed by atoms with Crippen LogP contribution in [0.15, 0.2) is 50.8 Å². The molecule has 0 bridgehead atoms.